The number of sulfonamides is 1. The fourth-order valence-electron chi connectivity index (χ4n) is 4.24. The van der Waals surface area contributed by atoms with Gasteiger partial charge in [0.2, 0.25) is 11.8 Å². The smallest absolute Gasteiger partial charge is 0.264 e. The normalized spacial score (nSPS) is 11.8. The van der Waals surface area contributed by atoms with E-state index in [9.17, 15) is 18.0 Å². The summed E-state index contributed by atoms with van der Waals surface area (Å²) in [6.07, 6.45) is 0.295. The molecular formula is C29H34ClN3O6S. The second-order valence-electron chi connectivity index (χ2n) is 9.01. The summed E-state index contributed by atoms with van der Waals surface area (Å²) in [6.45, 7) is 3.01. The monoisotopic (exact) mass is 587 g/mol. The molecule has 0 saturated carbocycles. The Hall–Kier alpha value is -3.76. The first-order valence-corrected chi connectivity index (χ1v) is 14.4. The van der Waals surface area contributed by atoms with E-state index in [1.807, 2.05) is 6.92 Å². The van der Waals surface area contributed by atoms with Crippen molar-refractivity contribution in [2.75, 3.05) is 32.1 Å². The molecule has 3 rings (SSSR count). The highest BCUT2D eigenvalue weighted by atomic mass is 35.5. The Kier molecular flexibility index (Phi) is 10.4. The highest BCUT2D eigenvalue weighted by Gasteiger charge is 2.35. The molecule has 0 radical (unpaired) electrons. The summed E-state index contributed by atoms with van der Waals surface area (Å²) in [5.74, 6) is -0.386. The van der Waals surface area contributed by atoms with Crippen molar-refractivity contribution >= 4 is 39.1 Å². The number of benzene rings is 3. The summed E-state index contributed by atoms with van der Waals surface area (Å²) < 4.78 is 40.0. The van der Waals surface area contributed by atoms with Crippen molar-refractivity contribution in [1.82, 2.24) is 10.2 Å². The minimum absolute atomic E-state index is 0.00189. The van der Waals surface area contributed by atoms with E-state index in [1.165, 1.54) is 44.4 Å². The Morgan fingerprint density at radius 1 is 1.00 bits per heavy atom. The molecule has 0 spiro atoms. The van der Waals surface area contributed by atoms with Crippen molar-refractivity contribution in [1.29, 1.82) is 0 Å². The van der Waals surface area contributed by atoms with Crippen LogP contribution < -0.4 is 19.1 Å². The van der Waals surface area contributed by atoms with Crippen LogP contribution in [0, 0.1) is 6.92 Å². The van der Waals surface area contributed by atoms with Gasteiger partial charge in [0, 0.05) is 24.7 Å². The van der Waals surface area contributed by atoms with Crippen molar-refractivity contribution in [3.8, 4) is 11.5 Å². The lowest BCUT2D eigenvalue weighted by molar-refractivity contribution is -0.140. The molecule has 3 aromatic rings. The Balaban J connectivity index is 2.16. The zero-order valence-corrected chi connectivity index (χ0v) is 24.8. The largest absolute Gasteiger partial charge is 0.497 e. The van der Waals surface area contributed by atoms with Gasteiger partial charge in [-0.2, -0.15) is 0 Å². The van der Waals surface area contributed by atoms with E-state index in [0.717, 1.165) is 9.87 Å². The quantitative estimate of drug-likeness (QED) is 0.336. The number of likely N-dealkylation sites (N-methyl/N-ethyl adjacent to an activating group) is 1. The van der Waals surface area contributed by atoms with Crippen LogP contribution >= 0.6 is 11.6 Å². The minimum Gasteiger partial charge on any atom is -0.497 e. The second-order valence-corrected chi connectivity index (χ2v) is 11.3. The van der Waals surface area contributed by atoms with Crippen LogP contribution in [0.15, 0.2) is 71.6 Å². The van der Waals surface area contributed by atoms with Crippen LogP contribution in [0.1, 0.15) is 24.5 Å². The van der Waals surface area contributed by atoms with E-state index >= 15 is 0 Å². The number of aryl methyl sites for hydroxylation is 1. The van der Waals surface area contributed by atoms with Gasteiger partial charge in [0.05, 0.1) is 24.8 Å². The van der Waals surface area contributed by atoms with E-state index in [1.54, 1.807) is 55.5 Å². The Morgan fingerprint density at radius 3 is 2.25 bits per heavy atom. The molecule has 0 bridgehead atoms. The predicted molar refractivity (Wildman–Crippen MR) is 155 cm³/mol. The zero-order valence-electron chi connectivity index (χ0n) is 23.2. The summed E-state index contributed by atoms with van der Waals surface area (Å²) in [6, 6.07) is 17.1. The van der Waals surface area contributed by atoms with Gasteiger partial charge in [-0.3, -0.25) is 13.9 Å². The first-order chi connectivity index (χ1) is 19.1. The van der Waals surface area contributed by atoms with E-state index < -0.39 is 28.5 Å². The third-order valence-corrected chi connectivity index (χ3v) is 8.62. The summed E-state index contributed by atoms with van der Waals surface area (Å²) in [7, 11) is 0.0753. The molecule has 9 nitrogen and oxygen atoms in total. The Labute approximate surface area is 240 Å². The van der Waals surface area contributed by atoms with E-state index in [4.69, 9.17) is 21.1 Å². The Morgan fingerprint density at radius 2 is 1.68 bits per heavy atom. The lowest BCUT2D eigenvalue weighted by Crippen LogP contribution is -2.51. The molecule has 0 heterocycles. The summed E-state index contributed by atoms with van der Waals surface area (Å²) in [4.78, 5) is 28.3. The van der Waals surface area contributed by atoms with Crippen LogP contribution in [-0.4, -0.2) is 59.0 Å². The number of hydrogen-bond donors (Lipinski definition) is 1. The topological polar surface area (TPSA) is 105 Å². The lowest BCUT2D eigenvalue weighted by atomic mass is 10.1. The molecule has 0 aliphatic heterocycles. The maximum absolute atomic E-state index is 14.1. The Bertz CT molecular complexity index is 1450. The molecule has 3 aromatic carbocycles. The number of nitrogens with zero attached hydrogens (tertiary/aromatic N) is 2. The van der Waals surface area contributed by atoms with Crippen LogP contribution in [0.2, 0.25) is 5.02 Å². The number of anilines is 1. The summed E-state index contributed by atoms with van der Waals surface area (Å²) >= 11 is 6.40. The third-order valence-electron chi connectivity index (χ3n) is 6.47. The molecule has 0 unspecified atom stereocenters. The standard InChI is InChI=1S/C29H34ClN3O6S/c1-6-25(29(35)31-3)32(18-21-9-7-8-10-24(21)30)28(34)19-33(26-17-22(38-4)13-16-27(26)39-5)40(36,37)23-14-11-20(2)12-15-23/h7-17,25H,6,18-19H2,1-5H3,(H,31,35)/t25-/m0/s1. The number of ether oxygens (including phenoxy) is 2. The number of carbonyl (C=O) groups is 2. The molecule has 1 N–H and O–H groups in total. The highest BCUT2D eigenvalue weighted by molar-refractivity contribution is 7.92. The highest BCUT2D eigenvalue weighted by Crippen LogP contribution is 2.36. The molecule has 0 saturated heterocycles. The van der Waals surface area contributed by atoms with Crippen molar-refractivity contribution < 1.29 is 27.5 Å². The van der Waals surface area contributed by atoms with Crippen LogP contribution in [-0.2, 0) is 26.2 Å². The van der Waals surface area contributed by atoms with Gasteiger partial charge < -0.3 is 19.7 Å². The van der Waals surface area contributed by atoms with Gasteiger partial charge in [-0.1, -0.05) is 54.4 Å². The van der Waals surface area contributed by atoms with Crippen LogP contribution in [0.4, 0.5) is 5.69 Å². The average Bonchev–Trinajstić information content (AvgIpc) is 2.96. The number of carbonyl (C=O) groups excluding carboxylic acids is 2. The predicted octanol–water partition coefficient (Wildman–Crippen LogP) is 4.41. The molecular weight excluding hydrogens is 554 g/mol. The van der Waals surface area contributed by atoms with Crippen molar-refractivity contribution in [3.05, 3.63) is 82.9 Å². The minimum atomic E-state index is -4.27. The first-order valence-electron chi connectivity index (χ1n) is 12.6. The summed E-state index contributed by atoms with van der Waals surface area (Å²) in [5, 5.41) is 3.02. The summed E-state index contributed by atoms with van der Waals surface area (Å²) in [5.41, 5.74) is 1.61. The van der Waals surface area contributed by atoms with Crippen molar-refractivity contribution in [2.45, 2.75) is 37.8 Å². The van der Waals surface area contributed by atoms with E-state index in [2.05, 4.69) is 5.32 Å². The van der Waals surface area contributed by atoms with Gasteiger partial charge >= 0.3 is 0 Å². The molecule has 0 aliphatic carbocycles. The van der Waals surface area contributed by atoms with Crippen LogP contribution in [0.3, 0.4) is 0 Å². The molecule has 0 aliphatic rings. The van der Waals surface area contributed by atoms with Gasteiger partial charge in [0.15, 0.2) is 0 Å². The van der Waals surface area contributed by atoms with Crippen molar-refractivity contribution in [2.24, 2.45) is 0 Å². The molecule has 40 heavy (non-hydrogen) atoms. The first kappa shape index (κ1) is 30.8. The molecule has 2 amide bonds. The van der Waals surface area contributed by atoms with Gasteiger partial charge in [-0.15, -0.1) is 0 Å². The zero-order chi connectivity index (χ0) is 29.4. The fourth-order valence-corrected chi connectivity index (χ4v) is 5.85. The number of methoxy groups -OCH3 is 2. The molecule has 1 atom stereocenters. The SMILES string of the molecule is CC[C@@H](C(=O)NC)N(Cc1ccccc1Cl)C(=O)CN(c1cc(OC)ccc1OC)S(=O)(=O)c1ccc(C)cc1. The van der Waals surface area contributed by atoms with Crippen molar-refractivity contribution in [3.63, 3.8) is 0 Å². The second kappa shape index (κ2) is 13.5. The number of hydrogen-bond acceptors (Lipinski definition) is 6. The van der Waals surface area contributed by atoms with Gasteiger partial charge in [-0.05, 0) is 49.2 Å². The number of amides is 2. The number of nitrogens with one attached hydrogen (secondary N) is 1. The molecule has 11 heteroatoms. The van der Waals surface area contributed by atoms with E-state index in [0.29, 0.717) is 22.8 Å². The maximum atomic E-state index is 14.1. The van der Waals surface area contributed by atoms with Crippen LogP contribution in [0.5, 0.6) is 11.5 Å². The fraction of sp³-hybridized carbons (Fsp3) is 0.310. The lowest BCUT2D eigenvalue weighted by Gasteiger charge is -2.33. The number of rotatable bonds is 12. The number of halogens is 1. The van der Waals surface area contributed by atoms with Gasteiger partial charge in [-0.25, -0.2) is 8.42 Å². The maximum Gasteiger partial charge on any atom is 0.264 e. The molecule has 0 fully saturated rings. The van der Waals surface area contributed by atoms with Gasteiger partial charge in [0.25, 0.3) is 10.0 Å². The van der Waals surface area contributed by atoms with Gasteiger partial charge in [0.1, 0.15) is 24.1 Å². The van der Waals surface area contributed by atoms with E-state index in [-0.39, 0.29) is 28.8 Å². The third kappa shape index (κ3) is 6.86. The molecule has 0 aromatic heterocycles. The molecule has 214 valence electrons. The van der Waals surface area contributed by atoms with Crippen LogP contribution in [0.25, 0.3) is 0 Å². The average molecular weight is 588 g/mol.